The SMILES string of the molecule is COc1ccc2c(c1)CC[C@@H]([C@](C)(N)CO)C2. The number of aryl methyl sites for hydroxylation is 1. The minimum atomic E-state index is -0.475. The second-order valence-electron chi connectivity index (χ2n) is 5.24. The van der Waals surface area contributed by atoms with Crippen molar-refractivity contribution in [1.82, 2.24) is 0 Å². The zero-order valence-electron chi connectivity index (χ0n) is 10.6. The Labute approximate surface area is 103 Å². The Morgan fingerprint density at radius 1 is 1.47 bits per heavy atom. The quantitative estimate of drug-likeness (QED) is 0.835. The summed E-state index contributed by atoms with van der Waals surface area (Å²) in [5.41, 5.74) is 8.35. The second kappa shape index (κ2) is 4.67. The van der Waals surface area contributed by atoms with Crippen LogP contribution in [0.5, 0.6) is 5.75 Å². The van der Waals surface area contributed by atoms with Gasteiger partial charge in [-0.3, -0.25) is 0 Å². The number of nitrogens with two attached hydrogens (primary N) is 1. The van der Waals surface area contributed by atoms with E-state index in [0.29, 0.717) is 5.92 Å². The fourth-order valence-electron chi connectivity index (χ4n) is 2.55. The summed E-state index contributed by atoms with van der Waals surface area (Å²) in [4.78, 5) is 0. The van der Waals surface area contributed by atoms with Gasteiger partial charge in [-0.1, -0.05) is 6.07 Å². The van der Waals surface area contributed by atoms with Gasteiger partial charge in [-0.15, -0.1) is 0 Å². The van der Waals surface area contributed by atoms with Gasteiger partial charge in [-0.2, -0.15) is 0 Å². The molecule has 1 aliphatic rings. The molecule has 0 heterocycles. The largest absolute Gasteiger partial charge is 0.497 e. The molecule has 0 fully saturated rings. The van der Waals surface area contributed by atoms with Crippen molar-refractivity contribution in [3.05, 3.63) is 29.3 Å². The number of rotatable bonds is 3. The summed E-state index contributed by atoms with van der Waals surface area (Å²) in [6.07, 6.45) is 3.00. The number of hydrogen-bond acceptors (Lipinski definition) is 3. The van der Waals surface area contributed by atoms with Crippen molar-refractivity contribution in [2.24, 2.45) is 11.7 Å². The van der Waals surface area contributed by atoms with Crippen LogP contribution in [0.15, 0.2) is 18.2 Å². The van der Waals surface area contributed by atoms with Gasteiger partial charge < -0.3 is 15.6 Å². The lowest BCUT2D eigenvalue weighted by atomic mass is 9.74. The first-order chi connectivity index (χ1) is 8.06. The van der Waals surface area contributed by atoms with Crippen molar-refractivity contribution in [1.29, 1.82) is 0 Å². The van der Waals surface area contributed by atoms with Crippen LogP contribution >= 0.6 is 0 Å². The van der Waals surface area contributed by atoms with Gasteiger partial charge in [0.05, 0.1) is 13.7 Å². The molecular formula is C14H21NO2. The van der Waals surface area contributed by atoms with Crippen molar-refractivity contribution < 1.29 is 9.84 Å². The predicted octanol–water partition coefficient (Wildman–Crippen LogP) is 1.51. The first-order valence-electron chi connectivity index (χ1n) is 6.12. The Balaban J connectivity index is 2.20. The number of aliphatic hydroxyl groups is 1. The maximum atomic E-state index is 9.33. The normalized spacial score (nSPS) is 22.7. The van der Waals surface area contributed by atoms with Gasteiger partial charge in [-0.05, 0) is 55.4 Å². The average Bonchev–Trinajstić information content (AvgIpc) is 2.37. The molecule has 3 heteroatoms. The summed E-state index contributed by atoms with van der Waals surface area (Å²) in [6.45, 7) is 1.98. The number of methoxy groups -OCH3 is 1. The van der Waals surface area contributed by atoms with E-state index >= 15 is 0 Å². The van der Waals surface area contributed by atoms with Crippen molar-refractivity contribution in [3.63, 3.8) is 0 Å². The van der Waals surface area contributed by atoms with Crippen LogP contribution in [-0.2, 0) is 12.8 Å². The van der Waals surface area contributed by atoms with Gasteiger partial charge in [0.15, 0.2) is 0 Å². The highest BCUT2D eigenvalue weighted by Crippen LogP contribution is 2.32. The molecular weight excluding hydrogens is 214 g/mol. The Bertz CT molecular complexity index is 401. The van der Waals surface area contributed by atoms with E-state index in [4.69, 9.17) is 10.5 Å². The van der Waals surface area contributed by atoms with Crippen LogP contribution in [0.1, 0.15) is 24.5 Å². The van der Waals surface area contributed by atoms with Crippen LogP contribution in [-0.4, -0.2) is 24.4 Å². The zero-order chi connectivity index (χ0) is 12.5. The minimum Gasteiger partial charge on any atom is -0.497 e. The zero-order valence-corrected chi connectivity index (χ0v) is 10.6. The summed E-state index contributed by atoms with van der Waals surface area (Å²) >= 11 is 0. The fourth-order valence-corrected chi connectivity index (χ4v) is 2.55. The number of fused-ring (bicyclic) bond motifs is 1. The molecule has 0 aliphatic heterocycles. The minimum absolute atomic E-state index is 0.0448. The monoisotopic (exact) mass is 235 g/mol. The van der Waals surface area contributed by atoms with Gasteiger partial charge in [0, 0.05) is 5.54 Å². The first-order valence-corrected chi connectivity index (χ1v) is 6.12. The van der Waals surface area contributed by atoms with Gasteiger partial charge in [0.1, 0.15) is 5.75 Å². The van der Waals surface area contributed by atoms with E-state index < -0.39 is 5.54 Å². The Morgan fingerprint density at radius 3 is 2.88 bits per heavy atom. The summed E-state index contributed by atoms with van der Waals surface area (Å²) in [6, 6.07) is 6.22. The maximum absolute atomic E-state index is 9.33. The van der Waals surface area contributed by atoms with E-state index in [-0.39, 0.29) is 6.61 Å². The van der Waals surface area contributed by atoms with Crippen LogP contribution in [0, 0.1) is 5.92 Å². The van der Waals surface area contributed by atoms with Crippen LogP contribution < -0.4 is 10.5 Å². The Kier molecular flexibility index (Phi) is 3.40. The Morgan fingerprint density at radius 2 is 2.24 bits per heavy atom. The molecule has 1 aromatic rings. The van der Waals surface area contributed by atoms with E-state index in [2.05, 4.69) is 12.1 Å². The summed E-state index contributed by atoms with van der Waals surface area (Å²) in [5, 5.41) is 9.33. The van der Waals surface area contributed by atoms with Gasteiger partial charge in [0.25, 0.3) is 0 Å². The summed E-state index contributed by atoms with van der Waals surface area (Å²) in [7, 11) is 1.69. The van der Waals surface area contributed by atoms with Crippen LogP contribution in [0.2, 0.25) is 0 Å². The molecule has 94 valence electrons. The number of hydrogen-bond donors (Lipinski definition) is 2. The molecule has 2 rings (SSSR count). The molecule has 0 saturated carbocycles. The lowest BCUT2D eigenvalue weighted by Gasteiger charge is -2.36. The number of ether oxygens (including phenoxy) is 1. The highest BCUT2D eigenvalue weighted by atomic mass is 16.5. The molecule has 2 atom stereocenters. The number of aliphatic hydroxyl groups excluding tert-OH is 1. The summed E-state index contributed by atoms with van der Waals surface area (Å²) < 4.78 is 5.23. The highest BCUT2D eigenvalue weighted by Gasteiger charge is 2.32. The van der Waals surface area contributed by atoms with E-state index in [1.165, 1.54) is 11.1 Å². The van der Waals surface area contributed by atoms with E-state index in [1.54, 1.807) is 7.11 Å². The molecule has 0 unspecified atom stereocenters. The van der Waals surface area contributed by atoms with Gasteiger partial charge in [0.2, 0.25) is 0 Å². The van der Waals surface area contributed by atoms with E-state index in [1.807, 2.05) is 13.0 Å². The molecule has 0 bridgehead atoms. The van der Waals surface area contributed by atoms with E-state index in [9.17, 15) is 5.11 Å². The smallest absolute Gasteiger partial charge is 0.119 e. The molecule has 0 radical (unpaired) electrons. The van der Waals surface area contributed by atoms with Crippen molar-refractivity contribution in [3.8, 4) is 5.75 Å². The summed E-state index contributed by atoms with van der Waals surface area (Å²) in [5.74, 6) is 1.27. The van der Waals surface area contributed by atoms with Crippen LogP contribution in [0.4, 0.5) is 0 Å². The molecule has 1 aliphatic carbocycles. The van der Waals surface area contributed by atoms with Crippen molar-refractivity contribution in [2.45, 2.75) is 31.7 Å². The fraction of sp³-hybridized carbons (Fsp3) is 0.571. The molecule has 0 saturated heterocycles. The van der Waals surface area contributed by atoms with Gasteiger partial charge >= 0.3 is 0 Å². The lowest BCUT2D eigenvalue weighted by Crippen LogP contribution is -2.49. The Hall–Kier alpha value is -1.06. The molecule has 0 aromatic heterocycles. The molecule has 0 amide bonds. The van der Waals surface area contributed by atoms with Crippen molar-refractivity contribution >= 4 is 0 Å². The van der Waals surface area contributed by atoms with Gasteiger partial charge in [-0.25, -0.2) is 0 Å². The topological polar surface area (TPSA) is 55.5 Å². The molecule has 3 nitrogen and oxygen atoms in total. The molecule has 17 heavy (non-hydrogen) atoms. The third-order valence-electron chi connectivity index (χ3n) is 3.92. The molecule has 3 N–H and O–H groups in total. The first kappa shape index (κ1) is 12.4. The standard InChI is InChI=1S/C14H21NO2/c1-14(15,9-16)12-5-3-11-8-13(17-2)6-4-10(11)7-12/h4,6,8,12,16H,3,5,7,9,15H2,1-2H3/t12-,14-/m1/s1. The van der Waals surface area contributed by atoms with Crippen LogP contribution in [0.3, 0.4) is 0 Å². The third-order valence-corrected chi connectivity index (χ3v) is 3.92. The van der Waals surface area contributed by atoms with Crippen LogP contribution in [0.25, 0.3) is 0 Å². The highest BCUT2D eigenvalue weighted by molar-refractivity contribution is 5.37. The molecule has 0 spiro atoms. The predicted molar refractivity (Wildman–Crippen MR) is 68.2 cm³/mol. The lowest BCUT2D eigenvalue weighted by molar-refractivity contribution is 0.144. The third kappa shape index (κ3) is 2.45. The molecule has 1 aromatic carbocycles. The van der Waals surface area contributed by atoms with E-state index in [0.717, 1.165) is 25.0 Å². The maximum Gasteiger partial charge on any atom is 0.119 e. The average molecular weight is 235 g/mol. The number of benzene rings is 1. The van der Waals surface area contributed by atoms with Crippen molar-refractivity contribution in [2.75, 3.05) is 13.7 Å². The second-order valence-corrected chi connectivity index (χ2v) is 5.24.